The van der Waals surface area contributed by atoms with Crippen LogP contribution < -0.4 is 10.6 Å². The third-order valence-electron chi connectivity index (χ3n) is 3.64. The number of urea groups is 1. The predicted molar refractivity (Wildman–Crippen MR) is 101 cm³/mol. The number of nitro groups is 1. The number of aryl methyl sites for hydroxylation is 1. The molecule has 7 nitrogen and oxygen atoms in total. The molecule has 0 fully saturated rings. The Hall–Kier alpha value is -3.26. The van der Waals surface area contributed by atoms with Gasteiger partial charge in [-0.25, -0.2) is 9.78 Å². The fourth-order valence-electron chi connectivity index (χ4n) is 2.40. The predicted octanol–water partition coefficient (Wildman–Crippen LogP) is 4.35. The molecule has 2 N–H and O–H groups in total. The number of hydrogen-bond donors (Lipinski definition) is 2. The van der Waals surface area contributed by atoms with E-state index in [4.69, 9.17) is 0 Å². The summed E-state index contributed by atoms with van der Waals surface area (Å²) in [6.45, 7) is 2.27. The van der Waals surface area contributed by atoms with E-state index in [9.17, 15) is 14.9 Å². The quantitative estimate of drug-likeness (QED) is 0.517. The normalized spacial score (nSPS) is 10.3. The lowest BCUT2D eigenvalue weighted by Crippen LogP contribution is -2.28. The summed E-state index contributed by atoms with van der Waals surface area (Å²) < 4.78 is 0. The van der Waals surface area contributed by atoms with Crippen LogP contribution in [0.25, 0.3) is 11.3 Å². The molecule has 26 heavy (non-hydrogen) atoms. The number of rotatable bonds is 5. The van der Waals surface area contributed by atoms with Crippen LogP contribution in [0.4, 0.5) is 15.6 Å². The monoisotopic (exact) mass is 368 g/mol. The summed E-state index contributed by atoms with van der Waals surface area (Å²) in [7, 11) is 0. The third-order valence-corrected chi connectivity index (χ3v) is 4.53. The number of nitro benzene ring substituents is 1. The summed E-state index contributed by atoms with van der Waals surface area (Å²) in [5.74, 6) is 0. The summed E-state index contributed by atoms with van der Waals surface area (Å²) in [5.41, 5.74) is 2.27. The molecule has 3 rings (SSSR count). The first kappa shape index (κ1) is 17.6. The Labute approximate surface area is 153 Å². The second kappa shape index (κ2) is 7.75. The number of carbonyl (C=O) groups is 1. The Balaban J connectivity index is 1.69. The smallest absolute Gasteiger partial charge is 0.321 e. The standard InChI is InChI=1S/C18H16N4O3S/c1-12-16(14-8-5-9-15(10-14)22(24)25)20-18(26-12)21-17(23)19-11-13-6-3-2-4-7-13/h2-10H,11H2,1H3,(H2,19,20,21,23). The number of benzene rings is 2. The number of amides is 2. The lowest BCUT2D eigenvalue weighted by molar-refractivity contribution is -0.384. The summed E-state index contributed by atoms with van der Waals surface area (Å²) in [6.07, 6.45) is 0. The first-order valence-electron chi connectivity index (χ1n) is 7.84. The van der Waals surface area contributed by atoms with Gasteiger partial charge in [0.25, 0.3) is 5.69 Å². The van der Waals surface area contributed by atoms with Gasteiger partial charge < -0.3 is 5.32 Å². The Morgan fingerprint density at radius 2 is 1.96 bits per heavy atom. The molecule has 2 amide bonds. The molecular formula is C18H16N4O3S. The van der Waals surface area contributed by atoms with Crippen LogP contribution in [0, 0.1) is 17.0 Å². The highest BCUT2D eigenvalue weighted by molar-refractivity contribution is 7.16. The van der Waals surface area contributed by atoms with E-state index < -0.39 is 4.92 Å². The van der Waals surface area contributed by atoms with E-state index in [-0.39, 0.29) is 11.7 Å². The van der Waals surface area contributed by atoms with Crippen molar-refractivity contribution in [3.8, 4) is 11.3 Å². The lowest BCUT2D eigenvalue weighted by Gasteiger charge is -2.05. The Kier molecular flexibility index (Phi) is 5.23. The molecule has 0 aliphatic rings. The Bertz CT molecular complexity index is 941. The van der Waals surface area contributed by atoms with E-state index in [0.717, 1.165) is 10.4 Å². The molecule has 0 saturated heterocycles. The number of anilines is 1. The Morgan fingerprint density at radius 3 is 2.69 bits per heavy atom. The largest absolute Gasteiger partial charge is 0.334 e. The lowest BCUT2D eigenvalue weighted by atomic mass is 10.1. The van der Waals surface area contributed by atoms with E-state index in [2.05, 4.69) is 15.6 Å². The van der Waals surface area contributed by atoms with Gasteiger partial charge >= 0.3 is 6.03 Å². The molecule has 0 spiro atoms. The molecule has 0 aliphatic carbocycles. The van der Waals surface area contributed by atoms with E-state index in [1.807, 2.05) is 37.3 Å². The zero-order valence-electron chi connectivity index (χ0n) is 13.9. The van der Waals surface area contributed by atoms with Gasteiger partial charge in [0.1, 0.15) is 0 Å². The van der Waals surface area contributed by atoms with Gasteiger partial charge in [-0.1, -0.05) is 42.5 Å². The maximum Gasteiger partial charge on any atom is 0.321 e. The van der Waals surface area contributed by atoms with Crippen molar-refractivity contribution in [3.63, 3.8) is 0 Å². The van der Waals surface area contributed by atoms with Gasteiger partial charge in [-0.15, -0.1) is 11.3 Å². The van der Waals surface area contributed by atoms with Crippen LogP contribution in [0.5, 0.6) is 0 Å². The highest BCUT2D eigenvalue weighted by Gasteiger charge is 2.14. The minimum atomic E-state index is -0.443. The third kappa shape index (κ3) is 4.22. The molecule has 3 aromatic rings. The van der Waals surface area contributed by atoms with Crippen LogP contribution >= 0.6 is 11.3 Å². The van der Waals surface area contributed by atoms with E-state index >= 15 is 0 Å². The second-order valence-corrected chi connectivity index (χ2v) is 6.73. The number of hydrogen-bond acceptors (Lipinski definition) is 5. The average Bonchev–Trinajstić information content (AvgIpc) is 3.01. The van der Waals surface area contributed by atoms with Crippen molar-refractivity contribution in [2.24, 2.45) is 0 Å². The van der Waals surface area contributed by atoms with Gasteiger partial charge in [0.15, 0.2) is 5.13 Å². The van der Waals surface area contributed by atoms with Gasteiger partial charge in [0.05, 0.1) is 10.6 Å². The van der Waals surface area contributed by atoms with Crippen LogP contribution in [0.3, 0.4) is 0 Å². The minimum absolute atomic E-state index is 0.00464. The number of nitrogens with zero attached hydrogens (tertiary/aromatic N) is 2. The van der Waals surface area contributed by atoms with Crippen molar-refractivity contribution in [2.45, 2.75) is 13.5 Å². The fraction of sp³-hybridized carbons (Fsp3) is 0.111. The number of nitrogens with one attached hydrogen (secondary N) is 2. The topological polar surface area (TPSA) is 97.2 Å². The molecule has 0 saturated carbocycles. The SMILES string of the molecule is Cc1sc(NC(=O)NCc2ccccc2)nc1-c1cccc([N+](=O)[O-])c1. The summed E-state index contributed by atoms with van der Waals surface area (Å²) in [4.78, 5) is 27.8. The van der Waals surface area contributed by atoms with Crippen LogP contribution in [-0.4, -0.2) is 15.9 Å². The molecule has 8 heteroatoms. The maximum absolute atomic E-state index is 12.0. The second-order valence-electron chi connectivity index (χ2n) is 5.52. The summed E-state index contributed by atoms with van der Waals surface area (Å²) >= 11 is 1.32. The Morgan fingerprint density at radius 1 is 1.19 bits per heavy atom. The van der Waals surface area contributed by atoms with Crippen molar-refractivity contribution >= 4 is 28.2 Å². The van der Waals surface area contributed by atoms with Crippen molar-refractivity contribution < 1.29 is 9.72 Å². The molecule has 0 unspecified atom stereocenters. The molecule has 0 aliphatic heterocycles. The van der Waals surface area contributed by atoms with Gasteiger partial charge in [-0.05, 0) is 12.5 Å². The van der Waals surface area contributed by atoms with Gasteiger partial charge in [0, 0.05) is 29.1 Å². The zero-order chi connectivity index (χ0) is 18.5. The number of non-ortho nitro benzene ring substituents is 1. The van der Waals surface area contributed by atoms with Gasteiger partial charge in [0.2, 0.25) is 0 Å². The van der Waals surface area contributed by atoms with Crippen molar-refractivity contribution in [1.29, 1.82) is 0 Å². The highest BCUT2D eigenvalue weighted by Crippen LogP contribution is 2.31. The first-order chi connectivity index (χ1) is 12.5. The van der Waals surface area contributed by atoms with E-state index in [1.54, 1.807) is 12.1 Å². The number of aromatic nitrogens is 1. The molecular weight excluding hydrogens is 352 g/mol. The molecule has 0 bridgehead atoms. The van der Waals surface area contributed by atoms with Crippen LogP contribution in [0.15, 0.2) is 54.6 Å². The van der Waals surface area contributed by atoms with E-state index in [0.29, 0.717) is 22.9 Å². The fourth-order valence-corrected chi connectivity index (χ4v) is 3.23. The first-order valence-corrected chi connectivity index (χ1v) is 8.65. The molecule has 1 aromatic heterocycles. The highest BCUT2D eigenvalue weighted by atomic mass is 32.1. The van der Waals surface area contributed by atoms with E-state index in [1.165, 1.54) is 23.5 Å². The summed E-state index contributed by atoms with van der Waals surface area (Å²) in [5, 5.41) is 16.8. The number of thiazole rings is 1. The number of carbonyl (C=O) groups excluding carboxylic acids is 1. The molecule has 0 radical (unpaired) electrons. The average molecular weight is 368 g/mol. The summed E-state index contributed by atoms with van der Waals surface area (Å²) in [6, 6.07) is 15.5. The molecule has 132 valence electrons. The van der Waals surface area contributed by atoms with Crippen molar-refractivity contribution in [3.05, 3.63) is 75.2 Å². The molecule has 0 atom stereocenters. The van der Waals surface area contributed by atoms with Crippen molar-refractivity contribution in [2.75, 3.05) is 5.32 Å². The van der Waals surface area contributed by atoms with Crippen LogP contribution in [-0.2, 0) is 6.54 Å². The van der Waals surface area contributed by atoms with Crippen LogP contribution in [0.1, 0.15) is 10.4 Å². The molecule has 1 heterocycles. The molecule has 2 aromatic carbocycles. The van der Waals surface area contributed by atoms with Crippen LogP contribution in [0.2, 0.25) is 0 Å². The minimum Gasteiger partial charge on any atom is -0.334 e. The van der Waals surface area contributed by atoms with Gasteiger partial charge in [-0.3, -0.25) is 15.4 Å². The van der Waals surface area contributed by atoms with Crippen molar-refractivity contribution in [1.82, 2.24) is 10.3 Å². The maximum atomic E-state index is 12.0. The zero-order valence-corrected chi connectivity index (χ0v) is 14.7. The van der Waals surface area contributed by atoms with Gasteiger partial charge in [-0.2, -0.15) is 0 Å².